The van der Waals surface area contributed by atoms with Crippen LogP contribution in [0.2, 0.25) is 0 Å². The predicted octanol–water partition coefficient (Wildman–Crippen LogP) is 6.31. The van der Waals surface area contributed by atoms with Crippen molar-refractivity contribution in [3.8, 4) is 5.75 Å². The van der Waals surface area contributed by atoms with Crippen LogP contribution < -0.4 is 10.1 Å². The van der Waals surface area contributed by atoms with Crippen molar-refractivity contribution in [1.82, 2.24) is 5.32 Å². The van der Waals surface area contributed by atoms with Crippen molar-refractivity contribution in [3.63, 3.8) is 0 Å². The van der Waals surface area contributed by atoms with Gasteiger partial charge in [-0.15, -0.1) is 0 Å². The largest absolute Gasteiger partial charge is 0.490 e. The summed E-state index contributed by atoms with van der Waals surface area (Å²) < 4.78 is 11.5. The van der Waals surface area contributed by atoms with Crippen LogP contribution in [0.3, 0.4) is 0 Å². The van der Waals surface area contributed by atoms with Gasteiger partial charge in [0, 0.05) is 0 Å². The first-order valence-corrected chi connectivity index (χ1v) is 11.7. The van der Waals surface area contributed by atoms with Gasteiger partial charge in [-0.1, -0.05) is 50.3 Å². The van der Waals surface area contributed by atoms with Crippen molar-refractivity contribution in [2.45, 2.75) is 76.4 Å². The van der Waals surface area contributed by atoms with Gasteiger partial charge in [0.05, 0.1) is 11.6 Å². The molecule has 1 heterocycles. The van der Waals surface area contributed by atoms with Crippen LogP contribution in [-0.4, -0.2) is 18.8 Å². The van der Waals surface area contributed by atoms with Gasteiger partial charge in [-0.2, -0.15) is 0 Å². The molecule has 1 aliphatic heterocycles. The summed E-state index contributed by atoms with van der Waals surface area (Å²) in [4.78, 5) is 11.5. The second kappa shape index (κ2) is 8.13. The second-order valence-electron chi connectivity index (χ2n) is 9.81. The third kappa shape index (κ3) is 4.01. The average molecular weight is 408 g/mol. The van der Waals surface area contributed by atoms with Crippen LogP contribution >= 0.6 is 0 Å². The number of carbonyl (C=O) groups excluding carboxylic acids is 1. The van der Waals surface area contributed by atoms with Crippen LogP contribution in [0.15, 0.2) is 36.4 Å². The summed E-state index contributed by atoms with van der Waals surface area (Å²) >= 11 is 0. The molecular formula is C26H33NO3. The fraction of sp³-hybridized carbons (Fsp3) is 0.577. The molecule has 160 valence electrons. The molecule has 0 aromatic heterocycles. The molecule has 30 heavy (non-hydrogen) atoms. The average Bonchev–Trinajstić information content (AvgIpc) is 3.14. The van der Waals surface area contributed by atoms with Crippen LogP contribution in [0, 0.1) is 11.8 Å². The van der Waals surface area contributed by atoms with E-state index in [1.54, 1.807) is 0 Å². The molecule has 1 atom stereocenters. The summed E-state index contributed by atoms with van der Waals surface area (Å²) in [6.07, 6.45) is 12.3. The Morgan fingerprint density at radius 2 is 1.60 bits per heavy atom. The zero-order valence-corrected chi connectivity index (χ0v) is 18.0. The SMILES string of the molecule is C[C@@]1(c2ccc3cc(OC4CCC(C5CCCCC5)CC4)ccc3c2)COC(=O)N1. The molecule has 5 rings (SSSR count). The lowest BCUT2D eigenvalue weighted by atomic mass is 9.73. The normalized spacial score (nSPS) is 30.1. The van der Waals surface area contributed by atoms with Crippen molar-refractivity contribution in [2.75, 3.05) is 6.61 Å². The fourth-order valence-electron chi connectivity index (χ4n) is 5.78. The monoisotopic (exact) mass is 407 g/mol. The Morgan fingerprint density at radius 3 is 2.33 bits per heavy atom. The molecule has 0 unspecified atom stereocenters. The van der Waals surface area contributed by atoms with E-state index < -0.39 is 5.54 Å². The van der Waals surface area contributed by atoms with Crippen molar-refractivity contribution in [2.24, 2.45) is 11.8 Å². The third-order valence-corrected chi connectivity index (χ3v) is 7.66. The van der Waals surface area contributed by atoms with Gasteiger partial charge in [0.15, 0.2) is 0 Å². The Hall–Kier alpha value is -2.23. The Kier molecular flexibility index (Phi) is 5.34. The molecule has 1 N–H and O–H groups in total. The van der Waals surface area contributed by atoms with E-state index in [2.05, 4.69) is 41.7 Å². The molecule has 2 saturated carbocycles. The highest BCUT2D eigenvalue weighted by molar-refractivity contribution is 5.85. The maximum atomic E-state index is 11.5. The molecule has 2 aliphatic carbocycles. The van der Waals surface area contributed by atoms with Gasteiger partial charge >= 0.3 is 6.09 Å². The standard InChI is InChI=1S/C26H33NO3/c1-26(17-29-25(28)27-26)22-11-7-21-16-24(14-10-20(21)15-22)30-23-12-8-19(9-13-23)18-5-3-2-4-6-18/h7,10-11,14-16,18-19,23H,2-6,8-9,12-13,17H2,1H3,(H,27,28)/t19?,23?,26-/m0/s1. The molecular weight excluding hydrogens is 374 g/mol. The van der Waals surface area contributed by atoms with Crippen molar-refractivity contribution in [1.29, 1.82) is 0 Å². The smallest absolute Gasteiger partial charge is 0.408 e. The fourth-order valence-corrected chi connectivity index (χ4v) is 5.78. The van der Waals surface area contributed by atoms with Gasteiger partial charge in [0.25, 0.3) is 0 Å². The number of hydrogen-bond donors (Lipinski definition) is 1. The highest BCUT2D eigenvalue weighted by Crippen LogP contribution is 2.39. The molecule has 0 bridgehead atoms. The molecule has 1 saturated heterocycles. The van der Waals surface area contributed by atoms with Crippen molar-refractivity contribution in [3.05, 3.63) is 42.0 Å². The first-order chi connectivity index (χ1) is 14.6. The van der Waals surface area contributed by atoms with E-state index in [0.29, 0.717) is 12.7 Å². The number of hydrogen-bond acceptors (Lipinski definition) is 3. The number of cyclic esters (lactones) is 1. The number of fused-ring (bicyclic) bond motifs is 1. The summed E-state index contributed by atoms with van der Waals surface area (Å²) in [5.41, 5.74) is 0.604. The lowest BCUT2D eigenvalue weighted by Gasteiger charge is -2.35. The molecule has 2 aromatic carbocycles. The summed E-state index contributed by atoms with van der Waals surface area (Å²) in [7, 11) is 0. The molecule has 2 aromatic rings. The quantitative estimate of drug-likeness (QED) is 0.646. The molecule has 4 heteroatoms. The second-order valence-corrected chi connectivity index (χ2v) is 9.81. The number of alkyl carbamates (subject to hydrolysis) is 1. The van der Waals surface area contributed by atoms with Crippen LogP contribution in [0.1, 0.15) is 70.3 Å². The lowest BCUT2D eigenvalue weighted by molar-refractivity contribution is 0.0992. The highest BCUT2D eigenvalue weighted by atomic mass is 16.6. The molecule has 1 amide bonds. The van der Waals surface area contributed by atoms with Crippen molar-refractivity contribution < 1.29 is 14.3 Å². The Labute approximate surface area is 179 Å². The number of ether oxygens (including phenoxy) is 2. The topological polar surface area (TPSA) is 47.6 Å². The van der Waals surface area contributed by atoms with Gasteiger partial charge in [-0.25, -0.2) is 4.79 Å². The zero-order valence-electron chi connectivity index (χ0n) is 18.0. The number of amides is 1. The summed E-state index contributed by atoms with van der Waals surface area (Å²) in [5, 5.41) is 5.24. The Balaban J connectivity index is 1.23. The van der Waals surface area contributed by atoms with Gasteiger partial charge in [0.1, 0.15) is 12.4 Å². The molecule has 0 radical (unpaired) electrons. The number of carbonyl (C=O) groups is 1. The van der Waals surface area contributed by atoms with Gasteiger partial charge in [-0.05, 0) is 79.0 Å². The summed E-state index contributed by atoms with van der Waals surface area (Å²) in [6, 6.07) is 12.7. The summed E-state index contributed by atoms with van der Waals surface area (Å²) in [5.74, 6) is 2.88. The van der Waals surface area contributed by atoms with E-state index in [4.69, 9.17) is 9.47 Å². The van der Waals surface area contributed by atoms with E-state index >= 15 is 0 Å². The van der Waals surface area contributed by atoms with E-state index in [1.165, 1.54) is 63.2 Å². The highest BCUT2D eigenvalue weighted by Gasteiger charge is 2.36. The first-order valence-electron chi connectivity index (χ1n) is 11.7. The van der Waals surface area contributed by atoms with Crippen molar-refractivity contribution >= 4 is 16.9 Å². The minimum Gasteiger partial charge on any atom is -0.490 e. The van der Waals surface area contributed by atoms with E-state index in [-0.39, 0.29) is 6.09 Å². The minimum atomic E-state index is -0.461. The zero-order chi connectivity index (χ0) is 20.6. The maximum Gasteiger partial charge on any atom is 0.408 e. The number of rotatable bonds is 4. The van der Waals surface area contributed by atoms with Gasteiger partial charge in [0.2, 0.25) is 0 Å². The van der Waals surface area contributed by atoms with Crippen LogP contribution in [0.4, 0.5) is 4.79 Å². The van der Waals surface area contributed by atoms with E-state index in [0.717, 1.165) is 28.5 Å². The Bertz CT molecular complexity index is 912. The molecule has 0 spiro atoms. The first kappa shape index (κ1) is 19.7. The third-order valence-electron chi connectivity index (χ3n) is 7.66. The molecule has 4 nitrogen and oxygen atoms in total. The van der Waals surface area contributed by atoms with Crippen LogP contribution in [-0.2, 0) is 10.3 Å². The van der Waals surface area contributed by atoms with E-state index in [1.807, 2.05) is 6.92 Å². The minimum absolute atomic E-state index is 0.348. The molecule has 3 aliphatic rings. The van der Waals surface area contributed by atoms with Gasteiger partial charge in [-0.3, -0.25) is 0 Å². The lowest BCUT2D eigenvalue weighted by Crippen LogP contribution is -2.37. The Morgan fingerprint density at radius 1 is 0.900 bits per heavy atom. The van der Waals surface area contributed by atoms with Crippen LogP contribution in [0.25, 0.3) is 10.8 Å². The van der Waals surface area contributed by atoms with E-state index in [9.17, 15) is 4.79 Å². The van der Waals surface area contributed by atoms with Gasteiger partial charge < -0.3 is 14.8 Å². The summed E-state index contributed by atoms with van der Waals surface area (Å²) in [6.45, 7) is 2.36. The number of benzene rings is 2. The maximum absolute atomic E-state index is 11.5. The van der Waals surface area contributed by atoms with Crippen LogP contribution in [0.5, 0.6) is 5.75 Å². The number of nitrogens with one attached hydrogen (secondary N) is 1. The predicted molar refractivity (Wildman–Crippen MR) is 119 cm³/mol. The molecule has 3 fully saturated rings.